The summed E-state index contributed by atoms with van der Waals surface area (Å²) in [5.74, 6) is 2.22. The molecule has 0 atom stereocenters. The molecule has 0 heterocycles. The van der Waals surface area contributed by atoms with Gasteiger partial charge in [-0.15, -0.1) is 0 Å². The average Bonchev–Trinajstić information content (AvgIpc) is 2.45. The molecule has 1 aromatic carbocycles. The van der Waals surface area contributed by atoms with Crippen LogP contribution in [0.5, 0.6) is 11.5 Å². The van der Waals surface area contributed by atoms with Crippen LogP contribution in [0.2, 0.25) is 0 Å². The summed E-state index contributed by atoms with van der Waals surface area (Å²) in [6.07, 6.45) is 1.12. The highest BCUT2D eigenvalue weighted by Gasteiger charge is 2.04. The lowest BCUT2D eigenvalue weighted by atomic mass is 10.1. The van der Waals surface area contributed by atoms with Crippen LogP contribution in [-0.2, 0) is 11.3 Å². The van der Waals surface area contributed by atoms with Gasteiger partial charge in [0.1, 0.15) is 0 Å². The normalized spacial score (nSPS) is 10.8. The summed E-state index contributed by atoms with van der Waals surface area (Å²) >= 11 is 0. The summed E-state index contributed by atoms with van der Waals surface area (Å²) in [7, 11) is 3.29. The van der Waals surface area contributed by atoms with Crippen LogP contribution >= 0.6 is 0 Å². The highest BCUT2D eigenvalue weighted by Crippen LogP contribution is 2.27. The van der Waals surface area contributed by atoms with Crippen LogP contribution in [0.4, 0.5) is 0 Å². The summed E-state index contributed by atoms with van der Waals surface area (Å²) in [5, 5.41) is 3.36. The number of ether oxygens (including phenoxy) is 3. The fourth-order valence-corrected chi connectivity index (χ4v) is 1.79. The molecular weight excluding hydrogens is 254 g/mol. The Morgan fingerprint density at radius 3 is 2.45 bits per heavy atom. The third-order valence-corrected chi connectivity index (χ3v) is 3.04. The van der Waals surface area contributed by atoms with Gasteiger partial charge in [0.25, 0.3) is 0 Å². The van der Waals surface area contributed by atoms with Crippen LogP contribution in [0, 0.1) is 5.92 Å². The van der Waals surface area contributed by atoms with Crippen molar-refractivity contribution >= 4 is 0 Å². The Bertz CT molecular complexity index is 380. The van der Waals surface area contributed by atoms with Gasteiger partial charge in [0.15, 0.2) is 11.5 Å². The lowest BCUT2D eigenvalue weighted by Crippen LogP contribution is -2.19. The van der Waals surface area contributed by atoms with E-state index in [1.807, 2.05) is 18.2 Å². The first-order valence-electron chi connectivity index (χ1n) is 7.16. The highest BCUT2D eigenvalue weighted by molar-refractivity contribution is 5.42. The Kier molecular flexibility index (Phi) is 8.07. The fourth-order valence-electron chi connectivity index (χ4n) is 1.79. The number of rotatable bonds is 10. The molecule has 0 saturated carbocycles. The molecule has 20 heavy (non-hydrogen) atoms. The highest BCUT2D eigenvalue weighted by atomic mass is 16.5. The zero-order valence-electron chi connectivity index (χ0n) is 13.1. The van der Waals surface area contributed by atoms with Crippen molar-refractivity contribution in [3.05, 3.63) is 23.8 Å². The zero-order chi connectivity index (χ0) is 14.8. The second kappa shape index (κ2) is 9.61. The number of hydrogen-bond donors (Lipinski definition) is 1. The molecule has 0 amide bonds. The molecular formula is C16H27NO3. The molecule has 1 aromatic rings. The fraction of sp³-hybridized carbons (Fsp3) is 0.625. The largest absolute Gasteiger partial charge is 0.493 e. The van der Waals surface area contributed by atoms with Crippen molar-refractivity contribution in [1.29, 1.82) is 0 Å². The van der Waals surface area contributed by atoms with Crippen molar-refractivity contribution in [1.82, 2.24) is 5.32 Å². The standard InChI is InChI=1S/C16H27NO3/c1-13(2)7-9-20-10-8-17-12-14-5-6-15(18-3)16(11-14)19-4/h5-6,11,13,17H,7-10,12H2,1-4H3. The molecule has 0 fully saturated rings. The van der Waals surface area contributed by atoms with Crippen molar-refractivity contribution in [3.8, 4) is 11.5 Å². The monoisotopic (exact) mass is 281 g/mol. The quantitative estimate of drug-likeness (QED) is 0.669. The first kappa shape index (κ1) is 16.8. The molecule has 0 bridgehead atoms. The van der Waals surface area contributed by atoms with Gasteiger partial charge in [0.05, 0.1) is 20.8 Å². The molecule has 0 saturated heterocycles. The molecule has 1 rings (SSSR count). The molecule has 0 aliphatic rings. The molecule has 4 nitrogen and oxygen atoms in total. The smallest absolute Gasteiger partial charge is 0.161 e. The van der Waals surface area contributed by atoms with Crippen molar-refractivity contribution in [2.24, 2.45) is 5.92 Å². The first-order valence-corrected chi connectivity index (χ1v) is 7.16. The minimum absolute atomic E-state index is 0.703. The van der Waals surface area contributed by atoms with Gasteiger partial charge in [-0.2, -0.15) is 0 Å². The van der Waals surface area contributed by atoms with Gasteiger partial charge >= 0.3 is 0 Å². The van der Waals surface area contributed by atoms with E-state index in [0.717, 1.165) is 44.2 Å². The predicted octanol–water partition coefficient (Wildman–Crippen LogP) is 2.86. The van der Waals surface area contributed by atoms with E-state index >= 15 is 0 Å². The van der Waals surface area contributed by atoms with Crippen LogP contribution in [-0.4, -0.2) is 34.0 Å². The Morgan fingerprint density at radius 1 is 1.05 bits per heavy atom. The van der Waals surface area contributed by atoms with E-state index in [-0.39, 0.29) is 0 Å². The van der Waals surface area contributed by atoms with E-state index in [9.17, 15) is 0 Å². The summed E-state index contributed by atoms with van der Waals surface area (Å²) < 4.78 is 16.1. The van der Waals surface area contributed by atoms with E-state index in [0.29, 0.717) is 5.92 Å². The minimum atomic E-state index is 0.703. The van der Waals surface area contributed by atoms with Gasteiger partial charge in [-0.25, -0.2) is 0 Å². The van der Waals surface area contributed by atoms with Crippen LogP contribution < -0.4 is 14.8 Å². The topological polar surface area (TPSA) is 39.7 Å². The molecule has 0 aliphatic heterocycles. The molecule has 0 radical (unpaired) electrons. The Balaban J connectivity index is 2.22. The number of hydrogen-bond acceptors (Lipinski definition) is 4. The molecule has 114 valence electrons. The van der Waals surface area contributed by atoms with Crippen molar-refractivity contribution in [2.75, 3.05) is 34.0 Å². The number of benzene rings is 1. The minimum Gasteiger partial charge on any atom is -0.493 e. The van der Waals surface area contributed by atoms with E-state index in [1.54, 1.807) is 14.2 Å². The Morgan fingerprint density at radius 2 is 1.80 bits per heavy atom. The third-order valence-electron chi connectivity index (χ3n) is 3.04. The van der Waals surface area contributed by atoms with Gasteiger partial charge in [-0.3, -0.25) is 0 Å². The second-order valence-corrected chi connectivity index (χ2v) is 5.16. The van der Waals surface area contributed by atoms with Crippen molar-refractivity contribution < 1.29 is 14.2 Å². The number of methoxy groups -OCH3 is 2. The van der Waals surface area contributed by atoms with Crippen molar-refractivity contribution in [2.45, 2.75) is 26.8 Å². The van der Waals surface area contributed by atoms with Gasteiger partial charge in [-0.1, -0.05) is 19.9 Å². The Labute approximate surface area is 122 Å². The SMILES string of the molecule is COc1ccc(CNCCOCCC(C)C)cc1OC. The van der Waals surface area contributed by atoms with Crippen LogP contribution in [0.15, 0.2) is 18.2 Å². The molecule has 0 aliphatic carbocycles. The maximum absolute atomic E-state index is 5.56. The third kappa shape index (κ3) is 6.26. The van der Waals surface area contributed by atoms with E-state index in [2.05, 4.69) is 19.2 Å². The molecule has 1 N–H and O–H groups in total. The van der Waals surface area contributed by atoms with E-state index < -0.39 is 0 Å². The van der Waals surface area contributed by atoms with Gasteiger partial charge in [0, 0.05) is 19.7 Å². The lowest BCUT2D eigenvalue weighted by molar-refractivity contribution is 0.125. The number of nitrogens with one attached hydrogen (secondary N) is 1. The molecule has 0 aromatic heterocycles. The second-order valence-electron chi connectivity index (χ2n) is 5.16. The molecule has 4 heteroatoms. The van der Waals surface area contributed by atoms with Crippen LogP contribution in [0.1, 0.15) is 25.8 Å². The van der Waals surface area contributed by atoms with Crippen LogP contribution in [0.25, 0.3) is 0 Å². The van der Waals surface area contributed by atoms with E-state index in [4.69, 9.17) is 14.2 Å². The zero-order valence-corrected chi connectivity index (χ0v) is 13.1. The van der Waals surface area contributed by atoms with E-state index in [1.165, 1.54) is 5.56 Å². The summed E-state index contributed by atoms with van der Waals surface area (Å²) in [6, 6.07) is 5.95. The van der Waals surface area contributed by atoms with Gasteiger partial charge < -0.3 is 19.5 Å². The van der Waals surface area contributed by atoms with Gasteiger partial charge in [-0.05, 0) is 30.0 Å². The Hall–Kier alpha value is -1.26. The predicted molar refractivity (Wildman–Crippen MR) is 81.5 cm³/mol. The molecule has 0 unspecified atom stereocenters. The first-order chi connectivity index (χ1) is 9.67. The summed E-state index contributed by atoms with van der Waals surface area (Å²) in [5.41, 5.74) is 1.17. The summed E-state index contributed by atoms with van der Waals surface area (Å²) in [4.78, 5) is 0. The van der Waals surface area contributed by atoms with Crippen molar-refractivity contribution in [3.63, 3.8) is 0 Å². The maximum Gasteiger partial charge on any atom is 0.161 e. The lowest BCUT2D eigenvalue weighted by Gasteiger charge is -2.10. The summed E-state index contributed by atoms with van der Waals surface area (Å²) in [6.45, 7) is 7.66. The average molecular weight is 281 g/mol. The maximum atomic E-state index is 5.56. The van der Waals surface area contributed by atoms with Crippen LogP contribution in [0.3, 0.4) is 0 Å². The van der Waals surface area contributed by atoms with Gasteiger partial charge in [0.2, 0.25) is 0 Å². The molecule has 0 spiro atoms.